The van der Waals surface area contributed by atoms with Crippen LogP contribution in [0.1, 0.15) is 44.9 Å². The monoisotopic (exact) mass is 256 g/mol. The summed E-state index contributed by atoms with van der Waals surface area (Å²) in [6.45, 7) is 3.97. The molecule has 2 rings (SSSR count). The van der Waals surface area contributed by atoms with Crippen molar-refractivity contribution in [3.63, 3.8) is 0 Å². The van der Waals surface area contributed by atoms with Gasteiger partial charge in [-0.2, -0.15) is 12.6 Å². The van der Waals surface area contributed by atoms with Crippen molar-refractivity contribution in [1.82, 2.24) is 9.80 Å². The molecule has 0 aromatic heterocycles. The Balaban J connectivity index is 1.65. The molecule has 0 saturated carbocycles. The van der Waals surface area contributed by atoms with E-state index in [2.05, 4.69) is 29.5 Å². The Morgan fingerprint density at radius 3 is 2.59 bits per heavy atom. The van der Waals surface area contributed by atoms with Crippen molar-refractivity contribution in [2.45, 2.75) is 57.0 Å². The molecule has 0 amide bonds. The van der Waals surface area contributed by atoms with E-state index in [0.29, 0.717) is 0 Å². The zero-order valence-electron chi connectivity index (χ0n) is 11.3. The number of hydrogen-bond donors (Lipinski definition) is 1. The van der Waals surface area contributed by atoms with Gasteiger partial charge < -0.3 is 4.90 Å². The number of rotatable bonds is 6. The second kappa shape index (κ2) is 7.01. The molecule has 2 bridgehead atoms. The summed E-state index contributed by atoms with van der Waals surface area (Å²) in [6, 6.07) is 1.73. The SMILES string of the molecule is CN1C2CCC1CN(CCCCCCS)CC2. The summed E-state index contributed by atoms with van der Waals surface area (Å²) in [5, 5.41) is 0. The predicted molar refractivity (Wildman–Crippen MR) is 78.0 cm³/mol. The molecule has 100 valence electrons. The maximum absolute atomic E-state index is 4.26. The molecule has 2 atom stereocenters. The highest BCUT2D eigenvalue weighted by atomic mass is 32.1. The van der Waals surface area contributed by atoms with E-state index in [1.165, 1.54) is 64.6 Å². The van der Waals surface area contributed by atoms with Gasteiger partial charge in [0.25, 0.3) is 0 Å². The van der Waals surface area contributed by atoms with Crippen LogP contribution < -0.4 is 0 Å². The lowest BCUT2D eigenvalue weighted by Gasteiger charge is -2.25. The lowest BCUT2D eigenvalue weighted by molar-refractivity contribution is 0.216. The van der Waals surface area contributed by atoms with Gasteiger partial charge in [-0.1, -0.05) is 12.8 Å². The predicted octanol–water partition coefficient (Wildman–Crippen LogP) is 2.65. The standard InChI is InChI=1S/C14H28N2S/c1-15-13-6-7-14(15)12-16(10-8-13)9-4-2-3-5-11-17/h13-14,17H,2-12H2,1H3. The van der Waals surface area contributed by atoms with Crippen LogP contribution in [0.2, 0.25) is 0 Å². The molecule has 0 aliphatic carbocycles. The molecule has 2 unspecified atom stereocenters. The fourth-order valence-corrected chi connectivity index (χ4v) is 3.61. The smallest absolute Gasteiger partial charge is 0.0223 e. The Hall–Kier alpha value is 0.270. The Morgan fingerprint density at radius 1 is 1.00 bits per heavy atom. The molecule has 0 radical (unpaired) electrons. The minimum atomic E-state index is 0.847. The number of thiol groups is 1. The largest absolute Gasteiger partial charge is 0.302 e. The summed E-state index contributed by atoms with van der Waals surface area (Å²) < 4.78 is 0. The van der Waals surface area contributed by atoms with Crippen LogP contribution in [0.4, 0.5) is 0 Å². The van der Waals surface area contributed by atoms with Crippen molar-refractivity contribution in [2.75, 3.05) is 32.4 Å². The maximum atomic E-state index is 4.26. The van der Waals surface area contributed by atoms with E-state index < -0.39 is 0 Å². The lowest BCUT2D eigenvalue weighted by atomic mass is 10.1. The fourth-order valence-electron chi connectivity index (χ4n) is 3.38. The van der Waals surface area contributed by atoms with Gasteiger partial charge in [0.1, 0.15) is 0 Å². The van der Waals surface area contributed by atoms with Crippen LogP contribution in [0.5, 0.6) is 0 Å². The Kier molecular flexibility index (Phi) is 5.64. The molecule has 0 aromatic carbocycles. The molecule has 2 heterocycles. The van der Waals surface area contributed by atoms with Gasteiger partial charge in [-0.25, -0.2) is 0 Å². The Bertz CT molecular complexity index is 222. The quantitative estimate of drug-likeness (QED) is 0.576. The molecule has 2 aliphatic heterocycles. The van der Waals surface area contributed by atoms with Crippen LogP contribution in [-0.4, -0.2) is 54.3 Å². The first-order valence-electron chi connectivity index (χ1n) is 7.36. The zero-order chi connectivity index (χ0) is 12.1. The summed E-state index contributed by atoms with van der Waals surface area (Å²) in [4.78, 5) is 5.35. The third-order valence-electron chi connectivity index (χ3n) is 4.62. The molecular formula is C14H28N2S. The summed E-state index contributed by atoms with van der Waals surface area (Å²) in [6.07, 6.45) is 9.69. The molecule has 0 aromatic rings. The topological polar surface area (TPSA) is 6.48 Å². The van der Waals surface area contributed by atoms with Gasteiger partial charge in [0, 0.05) is 18.6 Å². The van der Waals surface area contributed by atoms with Crippen LogP contribution in [0.15, 0.2) is 0 Å². The van der Waals surface area contributed by atoms with Gasteiger partial charge in [-0.15, -0.1) is 0 Å². The Morgan fingerprint density at radius 2 is 1.76 bits per heavy atom. The number of hydrogen-bond acceptors (Lipinski definition) is 3. The highest BCUT2D eigenvalue weighted by Crippen LogP contribution is 2.28. The molecule has 2 aliphatic rings. The van der Waals surface area contributed by atoms with E-state index >= 15 is 0 Å². The van der Waals surface area contributed by atoms with Crippen molar-refractivity contribution < 1.29 is 0 Å². The van der Waals surface area contributed by atoms with E-state index in [-0.39, 0.29) is 0 Å². The van der Waals surface area contributed by atoms with Crippen molar-refractivity contribution in [3.8, 4) is 0 Å². The summed E-state index contributed by atoms with van der Waals surface area (Å²) in [7, 11) is 2.33. The molecular weight excluding hydrogens is 228 g/mol. The van der Waals surface area contributed by atoms with Crippen LogP contribution in [-0.2, 0) is 0 Å². The zero-order valence-corrected chi connectivity index (χ0v) is 12.2. The van der Waals surface area contributed by atoms with E-state index in [9.17, 15) is 0 Å². The average molecular weight is 256 g/mol. The van der Waals surface area contributed by atoms with Gasteiger partial charge in [-0.05, 0) is 58.0 Å². The summed E-state index contributed by atoms with van der Waals surface area (Å²) in [5.41, 5.74) is 0. The second-order valence-electron chi connectivity index (χ2n) is 5.78. The maximum Gasteiger partial charge on any atom is 0.0223 e. The van der Waals surface area contributed by atoms with Crippen molar-refractivity contribution in [3.05, 3.63) is 0 Å². The van der Waals surface area contributed by atoms with E-state index in [1.807, 2.05) is 0 Å². The van der Waals surface area contributed by atoms with Gasteiger partial charge in [0.05, 0.1) is 0 Å². The van der Waals surface area contributed by atoms with Crippen LogP contribution in [0.25, 0.3) is 0 Å². The lowest BCUT2D eigenvalue weighted by Crippen LogP contribution is -2.37. The highest BCUT2D eigenvalue weighted by molar-refractivity contribution is 7.80. The van der Waals surface area contributed by atoms with E-state index in [4.69, 9.17) is 0 Å². The number of fused-ring (bicyclic) bond motifs is 2. The van der Waals surface area contributed by atoms with Gasteiger partial charge in [0.2, 0.25) is 0 Å². The summed E-state index contributed by atoms with van der Waals surface area (Å²) >= 11 is 4.26. The van der Waals surface area contributed by atoms with Crippen LogP contribution in [0.3, 0.4) is 0 Å². The molecule has 2 saturated heterocycles. The highest BCUT2D eigenvalue weighted by Gasteiger charge is 2.34. The molecule has 17 heavy (non-hydrogen) atoms. The number of nitrogens with zero attached hydrogens (tertiary/aromatic N) is 2. The van der Waals surface area contributed by atoms with Crippen molar-refractivity contribution >= 4 is 12.6 Å². The molecule has 2 fully saturated rings. The van der Waals surface area contributed by atoms with Gasteiger partial charge in [0.15, 0.2) is 0 Å². The van der Waals surface area contributed by atoms with Crippen LogP contribution in [0, 0.1) is 0 Å². The number of likely N-dealkylation sites (tertiary alicyclic amines) is 1. The average Bonchev–Trinajstić information content (AvgIpc) is 2.56. The van der Waals surface area contributed by atoms with Gasteiger partial charge in [-0.3, -0.25) is 4.90 Å². The minimum Gasteiger partial charge on any atom is -0.302 e. The first kappa shape index (κ1) is 13.7. The third kappa shape index (κ3) is 3.87. The molecule has 0 N–H and O–H groups in total. The van der Waals surface area contributed by atoms with Crippen molar-refractivity contribution in [1.29, 1.82) is 0 Å². The molecule has 2 nitrogen and oxygen atoms in total. The van der Waals surface area contributed by atoms with Gasteiger partial charge >= 0.3 is 0 Å². The number of unbranched alkanes of at least 4 members (excludes halogenated alkanes) is 3. The third-order valence-corrected chi connectivity index (χ3v) is 4.93. The first-order chi connectivity index (χ1) is 8.31. The minimum absolute atomic E-state index is 0.847. The Labute approximate surface area is 112 Å². The van der Waals surface area contributed by atoms with Crippen molar-refractivity contribution in [2.24, 2.45) is 0 Å². The summed E-state index contributed by atoms with van der Waals surface area (Å²) in [5.74, 6) is 1.05. The van der Waals surface area contributed by atoms with E-state index in [1.54, 1.807) is 0 Å². The normalized spacial score (nSPS) is 30.7. The number of likely N-dealkylation sites (N-methyl/N-ethyl adjacent to an activating group) is 1. The van der Waals surface area contributed by atoms with E-state index in [0.717, 1.165) is 17.8 Å². The fraction of sp³-hybridized carbons (Fsp3) is 1.00. The second-order valence-corrected chi connectivity index (χ2v) is 6.22. The van der Waals surface area contributed by atoms with Crippen LogP contribution >= 0.6 is 12.6 Å². The molecule has 0 spiro atoms. The molecule has 3 heteroatoms. The first-order valence-corrected chi connectivity index (χ1v) is 7.99.